The molecule has 0 aliphatic carbocycles. The summed E-state index contributed by atoms with van der Waals surface area (Å²) < 4.78 is 0. The van der Waals surface area contributed by atoms with Crippen molar-refractivity contribution in [3.05, 3.63) is 41.0 Å². The molecule has 0 radical (unpaired) electrons. The van der Waals surface area contributed by atoms with E-state index in [0.717, 1.165) is 60.4 Å². The number of nitrogens with two attached hydrogens (primary N) is 1. The summed E-state index contributed by atoms with van der Waals surface area (Å²) >= 11 is 6.00. The highest BCUT2D eigenvalue weighted by atomic mass is 35.5. The van der Waals surface area contributed by atoms with Gasteiger partial charge in [-0.05, 0) is 55.5 Å². The van der Waals surface area contributed by atoms with Crippen LogP contribution >= 0.6 is 11.6 Å². The van der Waals surface area contributed by atoms with Crippen LogP contribution in [0.2, 0.25) is 5.02 Å². The van der Waals surface area contributed by atoms with Crippen LogP contribution in [0.25, 0.3) is 11.4 Å². The molecule has 0 bridgehead atoms. The number of aromatic nitrogens is 2. The molecule has 0 unspecified atom stereocenters. The summed E-state index contributed by atoms with van der Waals surface area (Å²) in [5.41, 5.74) is 7.88. The molecule has 1 aliphatic heterocycles. The van der Waals surface area contributed by atoms with Gasteiger partial charge >= 0.3 is 0 Å². The highest BCUT2D eigenvalue weighted by Gasteiger charge is 2.21. The van der Waals surface area contributed by atoms with Crippen molar-refractivity contribution in [3.63, 3.8) is 0 Å². The zero-order valence-electron chi connectivity index (χ0n) is 14.4. The van der Waals surface area contributed by atoms with Crippen molar-refractivity contribution in [3.8, 4) is 11.4 Å². The largest absolute Gasteiger partial charge is 0.356 e. The molecule has 24 heavy (non-hydrogen) atoms. The van der Waals surface area contributed by atoms with Gasteiger partial charge < -0.3 is 10.6 Å². The van der Waals surface area contributed by atoms with Crippen LogP contribution in [-0.2, 0) is 0 Å². The monoisotopic (exact) mass is 344 g/mol. The first kappa shape index (κ1) is 17.2. The van der Waals surface area contributed by atoms with Crippen LogP contribution in [0, 0.1) is 5.92 Å². The van der Waals surface area contributed by atoms with Gasteiger partial charge in [-0.25, -0.2) is 9.97 Å². The Hall–Kier alpha value is -1.65. The van der Waals surface area contributed by atoms with Gasteiger partial charge in [-0.1, -0.05) is 25.4 Å². The van der Waals surface area contributed by atoms with Gasteiger partial charge in [0.1, 0.15) is 5.82 Å². The molecule has 1 aromatic heterocycles. The van der Waals surface area contributed by atoms with Crippen LogP contribution < -0.4 is 10.6 Å². The molecule has 1 aliphatic rings. The summed E-state index contributed by atoms with van der Waals surface area (Å²) in [5, 5.41) is 0.725. The Kier molecular flexibility index (Phi) is 5.36. The topological polar surface area (TPSA) is 55.0 Å². The third kappa shape index (κ3) is 3.87. The Morgan fingerprint density at radius 2 is 1.83 bits per heavy atom. The summed E-state index contributed by atoms with van der Waals surface area (Å²) in [5.74, 6) is 2.80. The quantitative estimate of drug-likeness (QED) is 0.907. The van der Waals surface area contributed by atoms with Crippen LogP contribution in [-0.4, -0.2) is 29.6 Å². The number of anilines is 1. The van der Waals surface area contributed by atoms with E-state index in [-0.39, 0.29) is 0 Å². The first-order valence-corrected chi connectivity index (χ1v) is 9.04. The lowest BCUT2D eigenvalue weighted by molar-refractivity contribution is 0.413. The number of piperidine rings is 1. The molecule has 0 amide bonds. The van der Waals surface area contributed by atoms with E-state index in [4.69, 9.17) is 27.3 Å². The summed E-state index contributed by atoms with van der Waals surface area (Å²) in [7, 11) is 0. The van der Waals surface area contributed by atoms with E-state index in [1.165, 1.54) is 0 Å². The zero-order chi connectivity index (χ0) is 17.1. The fourth-order valence-corrected chi connectivity index (χ4v) is 3.16. The molecule has 1 aromatic carbocycles. The molecule has 0 spiro atoms. The summed E-state index contributed by atoms with van der Waals surface area (Å²) in [6, 6.07) is 9.86. The van der Waals surface area contributed by atoms with Crippen molar-refractivity contribution in [1.82, 2.24) is 9.97 Å². The Balaban J connectivity index is 1.93. The minimum atomic E-state index is 0.361. The smallest absolute Gasteiger partial charge is 0.161 e. The van der Waals surface area contributed by atoms with Gasteiger partial charge in [-0.3, -0.25) is 0 Å². The molecule has 1 fully saturated rings. The third-order valence-corrected chi connectivity index (χ3v) is 4.95. The average molecular weight is 345 g/mol. The number of nitrogens with zero attached hydrogens (tertiary/aromatic N) is 3. The highest BCUT2D eigenvalue weighted by molar-refractivity contribution is 6.30. The molecule has 4 nitrogen and oxygen atoms in total. The molecule has 0 atom stereocenters. The fraction of sp³-hybridized carbons (Fsp3) is 0.474. The fourth-order valence-electron chi connectivity index (χ4n) is 3.04. The third-order valence-electron chi connectivity index (χ3n) is 4.70. The first-order valence-electron chi connectivity index (χ1n) is 8.66. The van der Waals surface area contributed by atoms with Crippen molar-refractivity contribution >= 4 is 17.4 Å². The molecular formula is C19H25ClN4. The Morgan fingerprint density at radius 1 is 1.17 bits per heavy atom. The van der Waals surface area contributed by atoms with Crippen LogP contribution in [0.3, 0.4) is 0 Å². The predicted molar refractivity (Wildman–Crippen MR) is 101 cm³/mol. The van der Waals surface area contributed by atoms with Gasteiger partial charge in [-0.2, -0.15) is 0 Å². The Morgan fingerprint density at radius 3 is 2.42 bits per heavy atom. The van der Waals surface area contributed by atoms with Crippen LogP contribution in [0.1, 0.15) is 38.3 Å². The van der Waals surface area contributed by atoms with Gasteiger partial charge in [-0.15, -0.1) is 0 Å². The maximum atomic E-state index is 6.00. The van der Waals surface area contributed by atoms with E-state index in [1.807, 2.05) is 24.3 Å². The molecule has 2 heterocycles. The van der Waals surface area contributed by atoms with Crippen LogP contribution in [0.15, 0.2) is 30.3 Å². The second-order valence-electron chi connectivity index (χ2n) is 6.80. The van der Waals surface area contributed by atoms with Crippen LogP contribution in [0.4, 0.5) is 5.82 Å². The van der Waals surface area contributed by atoms with Gasteiger partial charge in [0.2, 0.25) is 0 Å². The minimum absolute atomic E-state index is 0.361. The number of benzene rings is 1. The predicted octanol–water partition coefficient (Wildman–Crippen LogP) is 4.10. The lowest BCUT2D eigenvalue weighted by Crippen LogP contribution is -2.36. The molecule has 3 rings (SSSR count). The second-order valence-corrected chi connectivity index (χ2v) is 7.24. The average Bonchev–Trinajstić information content (AvgIpc) is 2.62. The molecule has 1 saturated heterocycles. The van der Waals surface area contributed by atoms with E-state index in [2.05, 4.69) is 24.8 Å². The molecule has 2 aromatic rings. The molecule has 0 saturated carbocycles. The standard InChI is InChI=1S/C19H25ClN4/c1-13(2)17-11-18(24-9-7-14(12-21)8-10-24)23-19(22-17)15-3-5-16(20)6-4-15/h3-6,11,13-14H,7-10,12,21H2,1-2H3. The summed E-state index contributed by atoms with van der Waals surface area (Å²) in [6.45, 7) is 7.13. The zero-order valence-corrected chi connectivity index (χ0v) is 15.1. The maximum Gasteiger partial charge on any atom is 0.161 e. The van der Waals surface area contributed by atoms with Gasteiger partial charge in [0.15, 0.2) is 5.82 Å². The molecular weight excluding hydrogens is 320 g/mol. The van der Waals surface area contributed by atoms with Gasteiger partial charge in [0.05, 0.1) is 0 Å². The second kappa shape index (κ2) is 7.49. The minimum Gasteiger partial charge on any atom is -0.356 e. The Labute approximate surface area is 149 Å². The maximum absolute atomic E-state index is 6.00. The molecule has 5 heteroatoms. The molecule has 2 N–H and O–H groups in total. The van der Waals surface area contributed by atoms with Gasteiger partial charge in [0, 0.05) is 35.4 Å². The lowest BCUT2D eigenvalue weighted by Gasteiger charge is -2.32. The van der Waals surface area contributed by atoms with Crippen molar-refractivity contribution in [2.45, 2.75) is 32.6 Å². The molecule has 128 valence electrons. The number of hydrogen-bond donors (Lipinski definition) is 1. The number of hydrogen-bond acceptors (Lipinski definition) is 4. The Bertz CT molecular complexity index is 676. The normalized spacial score (nSPS) is 16.0. The lowest BCUT2D eigenvalue weighted by atomic mass is 9.97. The van der Waals surface area contributed by atoms with E-state index < -0.39 is 0 Å². The van der Waals surface area contributed by atoms with E-state index in [0.29, 0.717) is 11.8 Å². The summed E-state index contributed by atoms with van der Waals surface area (Å²) in [4.78, 5) is 11.9. The number of rotatable bonds is 4. The van der Waals surface area contributed by atoms with E-state index >= 15 is 0 Å². The first-order chi connectivity index (χ1) is 11.6. The van der Waals surface area contributed by atoms with Crippen LogP contribution in [0.5, 0.6) is 0 Å². The van der Waals surface area contributed by atoms with Gasteiger partial charge in [0.25, 0.3) is 0 Å². The SMILES string of the molecule is CC(C)c1cc(N2CCC(CN)CC2)nc(-c2ccc(Cl)cc2)n1. The number of halogens is 1. The highest BCUT2D eigenvalue weighted by Crippen LogP contribution is 2.27. The van der Waals surface area contributed by atoms with E-state index in [1.54, 1.807) is 0 Å². The van der Waals surface area contributed by atoms with Crippen molar-refractivity contribution in [2.24, 2.45) is 11.7 Å². The van der Waals surface area contributed by atoms with E-state index in [9.17, 15) is 0 Å². The van der Waals surface area contributed by atoms with Crippen molar-refractivity contribution in [2.75, 3.05) is 24.5 Å². The van der Waals surface area contributed by atoms with Crippen molar-refractivity contribution in [1.29, 1.82) is 0 Å². The summed E-state index contributed by atoms with van der Waals surface area (Å²) in [6.07, 6.45) is 2.27. The van der Waals surface area contributed by atoms with Crippen molar-refractivity contribution < 1.29 is 0 Å².